The first-order valence-electron chi connectivity index (χ1n) is 8.59. The number of anilines is 2. The van der Waals surface area contributed by atoms with E-state index in [0.717, 1.165) is 16.1 Å². The summed E-state index contributed by atoms with van der Waals surface area (Å²) in [4.78, 5) is 36.7. The molecule has 148 valence electrons. The quantitative estimate of drug-likeness (QED) is 0.354. The zero-order valence-electron chi connectivity index (χ0n) is 15.9. The van der Waals surface area contributed by atoms with Crippen molar-refractivity contribution < 1.29 is 19.4 Å². The van der Waals surface area contributed by atoms with Gasteiger partial charge < -0.3 is 15.5 Å². The highest BCUT2D eigenvalue weighted by molar-refractivity contribution is 7.98. The number of thioether (sulfide) groups is 1. The Morgan fingerprint density at radius 3 is 2.29 bits per heavy atom. The summed E-state index contributed by atoms with van der Waals surface area (Å²) >= 11 is 1.53. The first kappa shape index (κ1) is 21.4. The number of carbonyl (C=O) groups is 2. The predicted molar refractivity (Wildman–Crippen MR) is 110 cm³/mol. The minimum Gasteiger partial charge on any atom is -0.322 e. The molecule has 0 spiro atoms. The van der Waals surface area contributed by atoms with Crippen LogP contribution in [0, 0.1) is 17.0 Å². The third-order valence-electron chi connectivity index (χ3n) is 3.93. The van der Waals surface area contributed by atoms with Crippen LogP contribution in [0.2, 0.25) is 0 Å². The molecule has 0 saturated carbocycles. The second-order valence-electron chi connectivity index (χ2n) is 6.39. The molecule has 0 heterocycles. The summed E-state index contributed by atoms with van der Waals surface area (Å²) in [6.45, 7) is 1.83. The molecule has 0 aromatic heterocycles. The van der Waals surface area contributed by atoms with Gasteiger partial charge in [-0.05, 0) is 36.9 Å². The van der Waals surface area contributed by atoms with E-state index in [1.54, 1.807) is 20.0 Å². The zero-order chi connectivity index (χ0) is 20.7. The van der Waals surface area contributed by atoms with Crippen LogP contribution in [0.3, 0.4) is 0 Å². The Morgan fingerprint density at radius 1 is 1.07 bits per heavy atom. The van der Waals surface area contributed by atoms with E-state index in [9.17, 15) is 19.7 Å². The van der Waals surface area contributed by atoms with Crippen molar-refractivity contribution in [1.29, 1.82) is 0 Å². The second kappa shape index (κ2) is 9.86. The largest absolute Gasteiger partial charge is 0.322 e. The van der Waals surface area contributed by atoms with Gasteiger partial charge >= 0.3 is 0 Å². The van der Waals surface area contributed by atoms with Gasteiger partial charge in [0.1, 0.15) is 5.69 Å². The van der Waals surface area contributed by atoms with Crippen molar-refractivity contribution in [1.82, 2.24) is 0 Å². The Kier molecular flexibility index (Phi) is 7.53. The fourth-order valence-corrected chi connectivity index (χ4v) is 3.20. The number of likely N-dealkylation sites (N-methyl/N-ethyl adjacent to an activating group) is 1. The van der Waals surface area contributed by atoms with Gasteiger partial charge in [-0.15, -0.1) is 11.8 Å². The number of hydrogen-bond acceptors (Lipinski definition) is 5. The highest BCUT2D eigenvalue weighted by Gasteiger charge is 2.19. The molecule has 1 unspecified atom stereocenters. The number of quaternary nitrogens is 1. The molecule has 0 fully saturated rings. The number of rotatable bonds is 8. The Bertz CT molecular complexity index is 888. The number of carbonyl (C=O) groups excluding carboxylic acids is 2. The van der Waals surface area contributed by atoms with Gasteiger partial charge in [-0.3, -0.25) is 19.7 Å². The Morgan fingerprint density at radius 2 is 1.68 bits per heavy atom. The number of aryl methyl sites for hydroxylation is 1. The minimum absolute atomic E-state index is 0.00260. The maximum Gasteiger partial charge on any atom is 0.293 e. The number of nitro benzene ring substituents is 1. The second-order valence-corrected chi connectivity index (χ2v) is 7.23. The number of nitrogens with one attached hydrogen (secondary N) is 3. The van der Waals surface area contributed by atoms with E-state index >= 15 is 0 Å². The van der Waals surface area contributed by atoms with Crippen molar-refractivity contribution in [2.75, 3.05) is 37.0 Å². The van der Waals surface area contributed by atoms with Crippen LogP contribution in [-0.2, 0) is 9.59 Å². The molecular formula is C19H23N4O4S+. The highest BCUT2D eigenvalue weighted by Crippen LogP contribution is 2.25. The van der Waals surface area contributed by atoms with Crippen LogP contribution < -0.4 is 15.5 Å². The van der Waals surface area contributed by atoms with E-state index in [4.69, 9.17) is 0 Å². The third kappa shape index (κ3) is 6.07. The molecular weight excluding hydrogens is 380 g/mol. The van der Waals surface area contributed by atoms with E-state index in [0.29, 0.717) is 4.90 Å². The lowest BCUT2D eigenvalue weighted by molar-refractivity contribution is -0.862. The Balaban J connectivity index is 1.92. The van der Waals surface area contributed by atoms with Crippen LogP contribution in [0.25, 0.3) is 0 Å². The summed E-state index contributed by atoms with van der Waals surface area (Å²) < 4.78 is 0. The first-order valence-corrected chi connectivity index (χ1v) is 9.81. The van der Waals surface area contributed by atoms with Gasteiger partial charge in [-0.25, -0.2) is 0 Å². The SMILES string of the molecule is CSc1ccccc1NC(=O)C[NH+](C)CC(=O)Nc1ccc(C)cc1[N+](=O)[O-]. The molecule has 8 nitrogen and oxygen atoms in total. The topological polar surface area (TPSA) is 106 Å². The molecule has 28 heavy (non-hydrogen) atoms. The number of para-hydroxylation sites is 1. The molecule has 0 bridgehead atoms. The van der Waals surface area contributed by atoms with E-state index in [2.05, 4.69) is 10.6 Å². The van der Waals surface area contributed by atoms with Crippen molar-refractivity contribution in [3.63, 3.8) is 0 Å². The lowest BCUT2D eigenvalue weighted by atomic mass is 10.2. The summed E-state index contributed by atoms with van der Waals surface area (Å²) in [7, 11) is 1.71. The zero-order valence-corrected chi connectivity index (χ0v) is 16.8. The summed E-state index contributed by atoms with van der Waals surface area (Å²) in [6.07, 6.45) is 1.93. The van der Waals surface area contributed by atoms with Gasteiger partial charge in [0.05, 0.1) is 17.7 Å². The van der Waals surface area contributed by atoms with E-state index < -0.39 is 10.8 Å². The lowest BCUT2D eigenvalue weighted by Crippen LogP contribution is -3.11. The molecule has 0 radical (unpaired) electrons. The predicted octanol–water partition coefficient (Wildman–Crippen LogP) is 1.72. The fourth-order valence-electron chi connectivity index (χ4n) is 2.65. The van der Waals surface area contributed by atoms with Crippen LogP contribution in [-0.4, -0.2) is 43.1 Å². The smallest absolute Gasteiger partial charge is 0.293 e. The molecule has 0 saturated heterocycles. The van der Waals surface area contributed by atoms with Gasteiger partial charge in [0.2, 0.25) is 0 Å². The minimum atomic E-state index is -0.532. The molecule has 2 rings (SSSR count). The van der Waals surface area contributed by atoms with Crippen molar-refractivity contribution >= 4 is 40.6 Å². The van der Waals surface area contributed by atoms with Crippen LogP contribution in [0.1, 0.15) is 5.56 Å². The molecule has 2 aromatic carbocycles. The van der Waals surface area contributed by atoms with Crippen LogP contribution >= 0.6 is 11.8 Å². The van der Waals surface area contributed by atoms with Gasteiger partial charge in [-0.1, -0.05) is 18.2 Å². The number of benzene rings is 2. The number of nitrogens with zero attached hydrogens (tertiary/aromatic N) is 1. The average molecular weight is 403 g/mol. The summed E-state index contributed by atoms with van der Waals surface area (Å²) in [5, 5.41) is 16.5. The third-order valence-corrected chi connectivity index (χ3v) is 4.73. The maximum atomic E-state index is 12.2. The number of amides is 2. The normalized spacial score (nSPS) is 11.5. The summed E-state index contributed by atoms with van der Waals surface area (Å²) in [5.74, 6) is -0.616. The monoisotopic (exact) mass is 403 g/mol. The molecule has 0 aliphatic rings. The Labute approximate surface area is 167 Å². The lowest BCUT2D eigenvalue weighted by Gasteiger charge is -2.15. The molecule has 2 aromatic rings. The molecule has 3 N–H and O–H groups in total. The molecule has 9 heteroatoms. The number of nitro groups is 1. The van der Waals surface area contributed by atoms with Crippen LogP contribution in [0.4, 0.5) is 17.1 Å². The highest BCUT2D eigenvalue weighted by atomic mass is 32.2. The van der Waals surface area contributed by atoms with Gasteiger partial charge in [0.15, 0.2) is 13.1 Å². The maximum absolute atomic E-state index is 12.2. The molecule has 0 aliphatic heterocycles. The van der Waals surface area contributed by atoms with Crippen molar-refractivity contribution in [3.8, 4) is 0 Å². The molecule has 2 amide bonds. The first-order chi connectivity index (χ1) is 13.3. The molecule has 1 atom stereocenters. The molecule has 0 aliphatic carbocycles. The van der Waals surface area contributed by atoms with E-state index in [1.807, 2.05) is 30.5 Å². The van der Waals surface area contributed by atoms with Gasteiger partial charge in [0.25, 0.3) is 17.5 Å². The van der Waals surface area contributed by atoms with Crippen LogP contribution in [0.5, 0.6) is 0 Å². The fraction of sp³-hybridized carbons (Fsp3) is 0.263. The summed E-state index contributed by atoms with van der Waals surface area (Å²) in [5.41, 5.74) is 1.45. The van der Waals surface area contributed by atoms with Crippen molar-refractivity contribution in [2.45, 2.75) is 11.8 Å². The average Bonchev–Trinajstić information content (AvgIpc) is 2.63. The van der Waals surface area contributed by atoms with E-state index in [1.165, 1.54) is 23.9 Å². The van der Waals surface area contributed by atoms with Crippen LogP contribution in [0.15, 0.2) is 47.4 Å². The standard InChI is InChI=1S/C19H22N4O4S/c1-13-8-9-14(16(10-13)23(26)27)20-18(24)11-22(2)12-19(25)21-15-6-4-5-7-17(15)28-3/h4-10H,11-12H2,1-3H3,(H,20,24)(H,21,25)/p+1. The van der Waals surface area contributed by atoms with E-state index in [-0.39, 0.29) is 30.4 Å². The number of hydrogen-bond donors (Lipinski definition) is 3. The summed E-state index contributed by atoms with van der Waals surface area (Å²) in [6, 6.07) is 12.1. The van der Waals surface area contributed by atoms with Gasteiger partial charge in [0, 0.05) is 11.0 Å². The van der Waals surface area contributed by atoms with Crippen molar-refractivity contribution in [2.24, 2.45) is 0 Å². The van der Waals surface area contributed by atoms with Crippen molar-refractivity contribution in [3.05, 3.63) is 58.1 Å². The van der Waals surface area contributed by atoms with Gasteiger partial charge in [-0.2, -0.15) is 0 Å². The Hall–Kier alpha value is -2.91.